The second-order valence-corrected chi connectivity index (χ2v) is 7.54. The van der Waals surface area contributed by atoms with Gasteiger partial charge in [0.15, 0.2) is 11.1 Å². The van der Waals surface area contributed by atoms with Gasteiger partial charge in [0.05, 0.1) is 0 Å². The molecule has 2 rings (SSSR count). The monoisotopic (exact) mass is 319 g/mol. The summed E-state index contributed by atoms with van der Waals surface area (Å²) in [6.45, 7) is 10.4. The van der Waals surface area contributed by atoms with E-state index in [2.05, 4.69) is 4.90 Å². The minimum absolute atomic E-state index is 0.225. The lowest BCUT2D eigenvalue weighted by Gasteiger charge is -2.47. The van der Waals surface area contributed by atoms with Crippen molar-refractivity contribution >= 4 is 17.2 Å². The second kappa shape index (κ2) is 6.60. The quantitative estimate of drug-likeness (QED) is 0.759. The number of hydrogen-bond donors (Lipinski definition) is 1. The zero-order valence-corrected chi connectivity index (χ0v) is 13.8. The fraction of sp³-hybridized carbons (Fsp3) is 0.923. The van der Waals surface area contributed by atoms with Gasteiger partial charge in [-0.3, -0.25) is 9.80 Å². The maximum atomic E-state index is 11.9. The molecule has 1 N–H and O–H groups in total. The van der Waals surface area contributed by atoms with Crippen molar-refractivity contribution in [3.63, 3.8) is 0 Å². The van der Waals surface area contributed by atoms with Crippen LogP contribution in [0.1, 0.15) is 20.8 Å². The molecule has 2 aliphatic rings. The number of ether oxygens (including phenoxy) is 1. The Kier molecular flexibility index (Phi) is 5.24. The summed E-state index contributed by atoms with van der Waals surface area (Å²) in [5.41, 5.74) is -0.451. The molecule has 0 aliphatic carbocycles. The molecule has 0 bridgehead atoms. The molecule has 0 aromatic heterocycles. The molecule has 2 saturated heterocycles. The Balaban J connectivity index is 1.69. The highest BCUT2D eigenvalue weighted by Gasteiger charge is 2.37. The Bertz CT molecular complexity index is 399. The van der Waals surface area contributed by atoms with E-state index in [0.717, 1.165) is 26.2 Å². The van der Waals surface area contributed by atoms with Crippen molar-refractivity contribution in [2.75, 3.05) is 45.1 Å². The topological polar surface area (TPSA) is 73.3 Å². The van der Waals surface area contributed by atoms with Gasteiger partial charge in [0.2, 0.25) is 0 Å². The Morgan fingerprint density at radius 1 is 1.24 bits per heavy atom. The molecule has 8 heteroatoms. The summed E-state index contributed by atoms with van der Waals surface area (Å²) in [6, 6.07) is 0.388. The normalized spacial score (nSPS) is 23.7. The van der Waals surface area contributed by atoms with Crippen LogP contribution >= 0.6 is 0 Å². The summed E-state index contributed by atoms with van der Waals surface area (Å²) < 4.78 is 25.0. The molecule has 1 amide bonds. The van der Waals surface area contributed by atoms with Gasteiger partial charge in [-0.25, -0.2) is 9.00 Å². The molecular weight excluding hydrogens is 294 g/mol. The van der Waals surface area contributed by atoms with E-state index in [1.807, 2.05) is 25.7 Å². The maximum Gasteiger partial charge on any atom is 0.410 e. The van der Waals surface area contributed by atoms with Crippen molar-refractivity contribution in [1.29, 1.82) is 0 Å². The molecule has 2 fully saturated rings. The fourth-order valence-corrected chi connectivity index (χ4v) is 3.15. The van der Waals surface area contributed by atoms with E-state index in [0.29, 0.717) is 19.1 Å². The van der Waals surface area contributed by atoms with Crippen molar-refractivity contribution in [3.05, 3.63) is 0 Å². The van der Waals surface area contributed by atoms with Crippen LogP contribution in [0.4, 0.5) is 4.79 Å². The van der Waals surface area contributed by atoms with Crippen LogP contribution in [-0.4, -0.2) is 86.3 Å². The van der Waals surface area contributed by atoms with E-state index < -0.39 is 16.7 Å². The largest absolute Gasteiger partial charge is 0.444 e. The molecule has 0 aromatic carbocycles. The van der Waals surface area contributed by atoms with Crippen LogP contribution < -0.4 is 0 Å². The molecule has 1 unspecified atom stereocenters. The van der Waals surface area contributed by atoms with Crippen LogP contribution in [0, 0.1) is 0 Å². The summed E-state index contributed by atoms with van der Waals surface area (Å²) in [4.78, 5) is 17.9. The molecule has 2 aliphatic heterocycles. The summed E-state index contributed by atoms with van der Waals surface area (Å²) in [7, 11) is 0. The SMILES string of the molecule is CC(C)(C)OC(=O)N1CC(N2CCN(CS(=O)O)CC2)C1. The van der Waals surface area contributed by atoms with Crippen LogP contribution in [0.25, 0.3) is 0 Å². The van der Waals surface area contributed by atoms with Gasteiger partial charge in [0.1, 0.15) is 11.5 Å². The predicted molar refractivity (Wildman–Crippen MR) is 80.4 cm³/mol. The van der Waals surface area contributed by atoms with Crippen molar-refractivity contribution in [3.8, 4) is 0 Å². The van der Waals surface area contributed by atoms with Gasteiger partial charge in [-0.05, 0) is 20.8 Å². The lowest BCUT2D eigenvalue weighted by molar-refractivity contribution is -0.0236. The minimum Gasteiger partial charge on any atom is -0.444 e. The molecular formula is C13H25N3O4S. The maximum absolute atomic E-state index is 11.9. The Hall–Kier alpha value is -0.700. The summed E-state index contributed by atoms with van der Waals surface area (Å²) >= 11 is -1.76. The average molecular weight is 319 g/mol. The number of likely N-dealkylation sites (tertiary alicyclic amines) is 1. The van der Waals surface area contributed by atoms with Crippen LogP contribution in [-0.2, 0) is 15.8 Å². The van der Waals surface area contributed by atoms with Gasteiger partial charge in [-0.15, -0.1) is 0 Å². The van der Waals surface area contributed by atoms with E-state index in [4.69, 9.17) is 9.29 Å². The van der Waals surface area contributed by atoms with Gasteiger partial charge >= 0.3 is 6.09 Å². The predicted octanol–water partition coefficient (Wildman–Crippen LogP) is 0.403. The number of carbonyl (C=O) groups excluding carboxylic acids is 1. The summed E-state index contributed by atoms with van der Waals surface area (Å²) in [6.07, 6.45) is -0.243. The van der Waals surface area contributed by atoms with Crippen molar-refractivity contribution < 1.29 is 18.3 Å². The van der Waals surface area contributed by atoms with Gasteiger partial charge in [-0.2, -0.15) is 0 Å². The molecule has 21 heavy (non-hydrogen) atoms. The molecule has 0 spiro atoms. The number of amides is 1. The first-order chi connectivity index (χ1) is 9.74. The Morgan fingerprint density at radius 2 is 1.81 bits per heavy atom. The third-order valence-corrected chi connectivity index (χ3v) is 4.32. The van der Waals surface area contributed by atoms with Crippen LogP contribution in [0.5, 0.6) is 0 Å². The molecule has 1 atom stereocenters. The first-order valence-electron chi connectivity index (χ1n) is 7.26. The highest BCUT2D eigenvalue weighted by atomic mass is 32.2. The van der Waals surface area contributed by atoms with Crippen LogP contribution in [0.3, 0.4) is 0 Å². The second-order valence-electron chi connectivity index (χ2n) is 6.64. The van der Waals surface area contributed by atoms with E-state index >= 15 is 0 Å². The lowest BCUT2D eigenvalue weighted by Crippen LogP contribution is -2.64. The van der Waals surface area contributed by atoms with Crippen LogP contribution in [0.2, 0.25) is 0 Å². The van der Waals surface area contributed by atoms with E-state index in [1.165, 1.54) is 0 Å². The number of carbonyl (C=O) groups is 1. The number of nitrogens with zero attached hydrogens (tertiary/aromatic N) is 3. The van der Waals surface area contributed by atoms with E-state index in [9.17, 15) is 9.00 Å². The number of piperazine rings is 1. The third kappa shape index (κ3) is 4.91. The highest BCUT2D eigenvalue weighted by molar-refractivity contribution is 7.79. The van der Waals surface area contributed by atoms with Gasteiger partial charge in [0.25, 0.3) is 0 Å². The van der Waals surface area contributed by atoms with Gasteiger partial charge in [0, 0.05) is 45.3 Å². The molecule has 0 radical (unpaired) electrons. The van der Waals surface area contributed by atoms with Crippen LogP contribution in [0.15, 0.2) is 0 Å². The Morgan fingerprint density at radius 3 is 2.29 bits per heavy atom. The molecule has 122 valence electrons. The van der Waals surface area contributed by atoms with Gasteiger partial charge < -0.3 is 14.2 Å². The van der Waals surface area contributed by atoms with E-state index in [1.54, 1.807) is 4.90 Å². The fourth-order valence-electron chi connectivity index (χ4n) is 2.58. The zero-order valence-electron chi connectivity index (χ0n) is 12.9. The van der Waals surface area contributed by atoms with Crippen molar-refractivity contribution in [1.82, 2.24) is 14.7 Å². The highest BCUT2D eigenvalue weighted by Crippen LogP contribution is 2.20. The standard InChI is InChI=1S/C13H25N3O4S/c1-13(2,3)20-12(17)16-8-11(9-16)15-6-4-14(5-7-15)10-21(18)19/h11H,4-10H2,1-3H3,(H,18,19). The van der Waals surface area contributed by atoms with Crippen molar-refractivity contribution in [2.24, 2.45) is 0 Å². The first kappa shape index (κ1) is 16.7. The smallest absolute Gasteiger partial charge is 0.410 e. The molecule has 0 saturated carbocycles. The first-order valence-corrected chi connectivity index (χ1v) is 8.54. The minimum atomic E-state index is -1.76. The van der Waals surface area contributed by atoms with E-state index in [-0.39, 0.29) is 12.0 Å². The average Bonchev–Trinajstić information content (AvgIpc) is 2.26. The third-order valence-electron chi connectivity index (χ3n) is 3.73. The Labute approximate surface area is 128 Å². The summed E-state index contributed by atoms with van der Waals surface area (Å²) in [5.74, 6) is 0.225. The number of rotatable bonds is 3. The zero-order chi connectivity index (χ0) is 15.6. The summed E-state index contributed by atoms with van der Waals surface area (Å²) in [5, 5.41) is 0. The van der Waals surface area contributed by atoms with Gasteiger partial charge in [-0.1, -0.05) is 0 Å². The molecule has 0 aromatic rings. The lowest BCUT2D eigenvalue weighted by atomic mass is 10.1. The van der Waals surface area contributed by atoms with Crippen molar-refractivity contribution in [2.45, 2.75) is 32.4 Å². The molecule has 2 heterocycles. The number of hydrogen-bond acceptors (Lipinski definition) is 5. The molecule has 7 nitrogen and oxygen atoms in total.